The quantitative estimate of drug-likeness (QED) is 0.0898. The fourth-order valence-electron chi connectivity index (χ4n) is 11.5. The first-order valence-electron chi connectivity index (χ1n) is 30.6. The smallest absolute Gasteiger partial charge is 0.0656 e. The zero-order valence-electron chi connectivity index (χ0n) is 53.8. The summed E-state index contributed by atoms with van der Waals surface area (Å²) < 4.78 is 0. The fraction of sp³-hybridized carbons (Fsp3) is 0.231. The minimum Gasteiger partial charge on any atom is -0.0656 e. The Morgan fingerprint density at radius 2 is 0.202 bits per heavy atom. The van der Waals surface area contributed by atoms with E-state index in [0.29, 0.717) is 0 Å². The Morgan fingerprint density at radius 1 is 0.119 bits per heavy atom. The monoisotopic (exact) mass is 1190 g/mol. The molecule has 10 aromatic rings. The molecular formula is C78H90Si6. The zero-order chi connectivity index (χ0) is 60.3. The van der Waals surface area contributed by atoms with Crippen LogP contribution in [0.25, 0.3) is 100 Å². The maximum Gasteiger partial charge on any atom is 0.0775 e. The molecule has 0 saturated heterocycles. The SMILES string of the molecule is C[Si](C)(C)c1ccc(-c2cc(-c3ccc([Si](C)(C)C)cc3)cc(-c3cc(-c4cc(-c5ccc([Si](C)(C)C)cc5)cc(-c5ccc([Si](C)(C)C)cc5)c4)cc(-c4cc(-c5ccc([Si](C)(C)C)cc5)cc(-c5ccc([Si](C)(C)C)cc5)c4)c3)c2)cc1. The molecule has 84 heavy (non-hydrogen) atoms. The lowest BCUT2D eigenvalue weighted by molar-refractivity contribution is 1.53. The molecule has 6 heteroatoms. The van der Waals surface area contributed by atoms with Gasteiger partial charge in [-0.1, -0.05) is 295 Å². The van der Waals surface area contributed by atoms with Crippen LogP contribution in [-0.2, 0) is 0 Å². The van der Waals surface area contributed by atoms with Crippen molar-refractivity contribution >= 4 is 79.6 Å². The Morgan fingerprint density at radius 3 is 0.286 bits per heavy atom. The Labute approximate surface area is 512 Å². The molecule has 0 heterocycles. The second kappa shape index (κ2) is 23.1. The average molecular weight is 1200 g/mol. The van der Waals surface area contributed by atoms with E-state index < -0.39 is 48.4 Å². The van der Waals surface area contributed by atoms with Crippen LogP contribution in [0.5, 0.6) is 0 Å². The molecule has 10 rings (SSSR count). The van der Waals surface area contributed by atoms with Gasteiger partial charge in [0.2, 0.25) is 0 Å². The summed E-state index contributed by atoms with van der Waals surface area (Å²) in [5.74, 6) is 0. The van der Waals surface area contributed by atoms with Crippen LogP contribution in [0.2, 0.25) is 118 Å². The predicted molar refractivity (Wildman–Crippen MR) is 393 cm³/mol. The van der Waals surface area contributed by atoms with Crippen LogP contribution in [-0.4, -0.2) is 48.4 Å². The van der Waals surface area contributed by atoms with Crippen LogP contribution < -0.4 is 31.1 Å². The molecule has 0 fully saturated rings. The van der Waals surface area contributed by atoms with Crippen LogP contribution in [0.1, 0.15) is 0 Å². The molecule has 0 radical (unpaired) electrons. The summed E-state index contributed by atoms with van der Waals surface area (Å²) in [6, 6.07) is 86.5. The van der Waals surface area contributed by atoms with Crippen molar-refractivity contribution in [3.8, 4) is 100 Å². The Bertz CT molecular complexity index is 3320. The maximum atomic E-state index is 2.48. The van der Waals surface area contributed by atoms with Crippen molar-refractivity contribution in [1.82, 2.24) is 0 Å². The maximum absolute atomic E-state index is 2.48. The molecule has 0 bridgehead atoms. The van der Waals surface area contributed by atoms with Crippen molar-refractivity contribution in [2.24, 2.45) is 0 Å². The summed E-state index contributed by atoms with van der Waals surface area (Å²) >= 11 is 0. The molecule has 0 N–H and O–H groups in total. The topological polar surface area (TPSA) is 0 Å². The highest BCUT2D eigenvalue weighted by atomic mass is 28.3. The van der Waals surface area contributed by atoms with Gasteiger partial charge in [-0.05, 0) is 173 Å². The van der Waals surface area contributed by atoms with Gasteiger partial charge < -0.3 is 0 Å². The standard InChI is InChI=1S/C78H90Si6/c1-79(2,3)73-31-19-55(20-32-73)61-43-62(56-21-33-74(34-22-56)80(4,5)6)47-67(46-61)70-52-71(68-48-63(57-23-35-75(36-24-57)81(7,8)9)44-64(49-68)58-25-37-76(38-26-58)82(10,11)12)54-72(53-70)69-50-65(59-27-39-77(40-28-59)83(13,14)15)45-66(51-69)60-29-41-78(42-30-60)84(16,17)18/h19-54H,1-18H3. The van der Waals surface area contributed by atoms with Crippen molar-refractivity contribution in [2.45, 2.75) is 118 Å². The third kappa shape index (κ3) is 13.9. The summed E-state index contributed by atoms with van der Waals surface area (Å²) in [6.45, 7) is 43.9. The third-order valence-corrected chi connectivity index (χ3v) is 29.6. The summed E-state index contributed by atoms with van der Waals surface area (Å²) in [5.41, 5.74) is 22.0. The highest BCUT2D eigenvalue weighted by Gasteiger charge is 2.23. The van der Waals surface area contributed by atoms with Gasteiger partial charge in [0, 0.05) is 0 Å². The zero-order valence-corrected chi connectivity index (χ0v) is 59.8. The predicted octanol–water partition coefficient (Wildman–Crippen LogP) is 20.0. The summed E-state index contributed by atoms with van der Waals surface area (Å²) in [5, 5.41) is 8.85. The van der Waals surface area contributed by atoms with Crippen molar-refractivity contribution in [2.75, 3.05) is 0 Å². The lowest BCUT2D eigenvalue weighted by Crippen LogP contribution is -2.37. The first kappa shape index (κ1) is 60.6. The summed E-state index contributed by atoms with van der Waals surface area (Å²) in [6.07, 6.45) is 0. The van der Waals surface area contributed by atoms with E-state index in [9.17, 15) is 0 Å². The van der Waals surface area contributed by atoms with E-state index in [1.807, 2.05) is 0 Å². The Balaban J connectivity index is 1.25. The van der Waals surface area contributed by atoms with E-state index >= 15 is 0 Å². The van der Waals surface area contributed by atoms with Crippen molar-refractivity contribution in [3.05, 3.63) is 218 Å². The summed E-state index contributed by atoms with van der Waals surface area (Å²) in [7, 11) is -9.11. The number of rotatable bonds is 15. The third-order valence-electron chi connectivity index (χ3n) is 17.2. The molecule has 0 aromatic heterocycles. The second-order valence-corrected chi connectivity index (χ2v) is 60.6. The first-order chi connectivity index (χ1) is 39.3. The molecule has 426 valence electrons. The van der Waals surface area contributed by atoms with Crippen molar-refractivity contribution < 1.29 is 0 Å². The van der Waals surface area contributed by atoms with Crippen LogP contribution in [0.4, 0.5) is 0 Å². The molecule has 0 unspecified atom stereocenters. The Kier molecular flexibility index (Phi) is 16.6. The van der Waals surface area contributed by atoms with Gasteiger partial charge in [0.05, 0.1) is 48.4 Å². The molecule has 0 spiro atoms. The van der Waals surface area contributed by atoms with E-state index in [-0.39, 0.29) is 0 Å². The van der Waals surface area contributed by atoms with E-state index in [1.165, 1.54) is 131 Å². The molecule has 0 amide bonds. The Hall–Kier alpha value is -6.50. The molecule has 0 saturated carbocycles. The molecule has 0 aliphatic rings. The van der Waals surface area contributed by atoms with Crippen LogP contribution in [0, 0.1) is 0 Å². The van der Waals surface area contributed by atoms with Gasteiger partial charge in [0.25, 0.3) is 0 Å². The molecule has 0 atom stereocenters. The van der Waals surface area contributed by atoms with Gasteiger partial charge >= 0.3 is 0 Å². The van der Waals surface area contributed by atoms with Gasteiger partial charge in [-0.3, -0.25) is 0 Å². The van der Waals surface area contributed by atoms with Crippen molar-refractivity contribution in [3.63, 3.8) is 0 Å². The summed E-state index contributed by atoms with van der Waals surface area (Å²) in [4.78, 5) is 0. The number of hydrogen-bond donors (Lipinski definition) is 0. The minimum absolute atomic E-state index is 1.19. The van der Waals surface area contributed by atoms with E-state index in [2.05, 4.69) is 336 Å². The molecule has 0 aliphatic carbocycles. The van der Waals surface area contributed by atoms with Crippen LogP contribution in [0.3, 0.4) is 0 Å². The van der Waals surface area contributed by atoms with E-state index in [4.69, 9.17) is 0 Å². The van der Waals surface area contributed by atoms with E-state index in [0.717, 1.165) is 0 Å². The van der Waals surface area contributed by atoms with Gasteiger partial charge in [-0.2, -0.15) is 0 Å². The first-order valence-corrected chi connectivity index (χ1v) is 51.6. The van der Waals surface area contributed by atoms with E-state index in [1.54, 1.807) is 0 Å². The largest absolute Gasteiger partial charge is 0.0775 e. The lowest BCUT2D eigenvalue weighted by atomic mass is 9.87. The van der Waals surface area contributed by atoms with Crippen molar-refractivity contribution in [1.29, 1.82) is 0 Å². The molecule has 10 aromatic carbocycles. The number of benzene rings is 10. The molecule has 0 nitrogen and oxygen atoms in total. The minimum atomic E-state index is -1.52. The second-order valence-electron chi connectivity index (χ2n) is 30.2. The highest BCUT2D eigenvalue weighted by Crippen LogP contribution is 2.42. The van der Waals surface area contributed by atoms with Crippen LogP contribution >= 0.6 is 0 Å². The molecular weight excluding hydrogens is 1110 g/mol. The van der Waals surface area contributed by atoms with Gasteiger partial charge in [-0.15, -0.1) is 0 Å². The normalized spacial score (nSPS) is 12.6. The van der Waals surface area contributed by atoms with Gasteiger partial charge in [0.15, 0.2) is 0 Å². The van der Waals surface area contributed by atoms with Crippen LogP contribution in [0.15, 0.2) is 218 Å². The number of hydrogen-bond acceptors (Lipinski definition) is 0. The van der Waals surface area contributed by atoms with Gasteiger partial charge in [0.1, 0.15) is 0 Å². The lowest BCUT2D eigenvalue weighted by Gasteiger charge is -2.20. The highest BCUT2D eigenvalue weighted by molar-refractivity contribution is 6.90. The average Bonchev–Trinajstić information content (AvgIpc) is 2.99. The fourth-order valence-corrected chi connectivity index (χ4v) is 18.5. The van der Waals surface area contributed by atoms with Gasteiger partial charge in [-0.25, -0.2) is 0 Å². The molecule has 0 aliphatic heterocycles.